The van der Waals surface area contributed by atoms with Crippen LogP contribution in [0.5, 0.6) is 0 Å². The predicted molar refractivity (Wildman–Crippen MR) is 72.3 cm³/mol. The number of aromatic nitrogens is 1. The van der Waals surface area contributed by atoms with E-state index in [0.29, 0.717) is 12.0 Å². The Morgan fingerprint density at radius 3 is 2.88 bits per heavy atom. The normalized spacial score (nSPS) is 19.5. The summed E-state index contributed by atoms with van der Waals surface area (Å²) in [6.45, 7) is 4.07. The average Bonchev–Trinajstić information content (AvgIpc) is 2.89. The van der Waals surface area contributed by atoms with E-state index in [1.54, 1.807) is 11.3 Å². The van der Waals surface area contributed by atoms with Crippen LogP contribution >= 0.6 is 11.3 Å². The van der Waals surface area contributed by atoms with Crippen molar-refractivity contribution < 1.29 is 0 Å². The maximum Gasteiger partial charge on any atom is 0.189 e. The lowest BCUT2D eigenvalue weighted by atomic mass is 10.3. The number of rotatable bonds is 3. The van der Waals surface area contributed by atoms with Gasteiger partial charge in [0.2, 0.25) is 0 Å². The van der Waals surface area contributed by atoms with Gasteiger partial charge in [0.25, 0.3) is 0 Å². The second kappa shape index (κ2) is 5.49. The lowest BCUT2D eigenvalue weighted by Crippen LogP contribution is -2.34. The van der Waals surface area contributed by atoms with Gasteiger partial charge in [-0.05, 0) is 26.7 Å². The molecule has 1 unspecified atom stereocenters. The van der Waals surface area contributed by atoms with Crippen LogP contribution in [-0.4, -0.2) is 17.0 Å². The third kappa shape index (κ3) is 3.43. The van der Waals surface area contributed by atoms with E-state index < -0.39 is 0 Å². The molecular weight excluding hydrogens is 232 g/mol. The summed E-state index contributed by atoms with van der Waals surface area (Å²) >= 11 is 1.66. The van der Waals surface area contributed by atoms with Gasteiger partial charge in [-0.2, -0.15) is 0 Å². The minimum absolute atomic E-state index is 0.138. The molecular formula is C12H20N4S. The standard InChI is InChI=1S/C12H20N4S/c1-8-7-17-11(14-8)9(2)15-12(13)16-10-5-3-4-6-10/h7,9-10H,3-6H2,1-2H3,(H3,13,15,16). The Morgan fingerprint density at radius 2 is 2.29 bits per heavy atom. The first-order chi connectivity index (χ1) is 8.15. The van der Waals surface area contributed by atoms with Gasteiger partial charge >= 0.3 is 0 Å². The van der Waals surface area contributed by atoms with Crippen molar-refractivity contribution in [3.05, 3.63) is 16.1 Å². The fourth-order valence-electron chi connectivity index (χ4n) is 2.12. The predicted octanol–water partition coefficient (Wildman–Crippen LogP) is 2.36. The van der Waals surface area contributed by atoms with Crippen molar-refractivity contribution in [3.63, 3.8) is 0 Å². The highest BCUT2D eigenvalue weighted by Crippen LogP contribution is 2.21. The molecule has 1 aliphatic carbocycles. The lowest BCUT2D eigenvalue weighted by molar-refractivity contribution is 0.666. The van der Waals surface area contributed by atoms with Crippen molar-refractivity contribution >= 4 is 17.3 Å². The van der Waals surface area contributed by atoms with E-state index in [1.165, 1.54) is 25.7 Å². The molecule has 0 aliphatic heterocycles. The molecule has 0 bridgehead atoms. The van der Waals surface area contributed by atoms with Crippen molar-refractivity contribution in [1.29, 1.82) is 0 Å². The molecule has 0 aromatic carbocycles. The number of guanidine groups is 1. The number of aliphatic imine (C=N–C) groups is 1. The molecule has 2 rings (SSSR count). The van der Waals surface area contributed by atoms with Crippen LogP contribution in [0.3, 0.4) is 0 Å². The van der Waals surface area contributed by atoms with Gasteiger partial charge in [-0.15, -0.1) is 11.3 Å². The lowest BCUT2D eigenvalue weighted by Gasteiger charge is -2.13. The first-order valence-electron chi connectivity index (χ1n) is 6.17. The average molecular weight is 252 g/mol. The molecule has 1 aliphatic rings. The molecule has 0 radical (unpaired) electrons. The third-order valence-electron chi connectivity index (χ3n) is 3.02. The summed E-state index contributed by atoms with van der Waals surface area (Å²) in [5.41, 5.74) is 6.97. The topological polar surface area (TPSA) is 63.3 Å². The fraction of sp³-hybridized carbons (Fsp3) is 0.667. The quantitative estimate of drug-likeness (QED) is 0.641. The summed E-state index contributed by atoms with van der Waals surface area (Å²) in [7, 11) is 0. The van der Waals surface area contributed by atoms with Gasteiger partial charge in [-0.3, -0.25) is 4.99 Å². The first kappa shape index (κ1) is 12.4. The Kier molecular flexibility index (Phi) is 3.99. The molecule has 94 valence electrons. The van der Waals surface area contributed by atoms with E-state index in [2.05, 4.69) is 27.6 Å². The minimum atomic E-state index is 0.138. The summed E-state index contributed by atoms with van der Waals surface area (Å²) in [4.78, 5) is 8.95. The Labute approximate surface area is 106 Å². The zero-order valence-corrected chi connectivity index (χ0v) is 11.3. The van der Waals surface area contributed by atoms with Crippen molar-refractivity contribution in [3.8, 4) is 0 Å². The zero-order chi connectivity index (χ0) is 12.3. The van der Waals surface area contributed by atoms with Crippen LogP contribution in [0, 0.1) is 6.92 Å². The Hall–Kier alpha value is -1.10. The van der Waals surface area contributed by atoms with Crippen LogP contribution in [0.1, 0.15) is 49.4 Å². The van der Waals surface area contributed by atoms with Gasteiger partial charge in [0, 0.05) is 11.1 Å². The van der Waals surface area contributed by atoms with Gasteiger partial charge in [0.05, 0.1) is 12.1 Å². The summed E-state index contributed by atoms with van der Waals surface area (Å²) in [6.07, 6.45) is 4.91. The molecule has 1 aromatic rings. The number of nitrogens with zero attached hydrogens (tertiary/aromatic N) is 2. The molecule has 1 fully saturated rings. The maximum absolute atomic E-state index is 5.91. The number of thiazole rings is 1. The van der Waals surface area contributed by atoms with E-state index in [0.717, 1.165) is 10.7 Å². The van der Waals surface area contributed by atoms with Crippen molar-refractivity contribution in [2.45, 2.75) is 51.6 Å². The Morgan fingerprint density at radius 1 is 1.59 bits per heavy atom. The summed E-state index contributed by atoms with van der Waals surface area (Å²) in [6, 6.07) is 0.562. The SMILES string of the molecule is Cc1csc(C(C)NC(N)=NC2CCCC2)n1. The largest absolute Gasteiger partial charge is 0.370 e. The van der Waals surface area contributed by atoms with Crippen molar-refractivity contribution in [1.82, 2.24) is 10.3 Å². The number of nitrogens with two attached hydrogens (primary N) is 1. The van der Waals surface area contributed by atoms with Crippen LogP contribution in [0.2, 0.25) is 0 Å². The summed E-state index contributed by atoms with van der Waals surface area (Å²) in [5, 5.41) is 6.33. The molecule has 0 spiro atoms. The van der Waals surface area contributed by atoms with Gasteiger partial charge < -0.3 is 11.1 Å². The number of nitrogens with one attached hydrogen (secondary N) is 1. The number of aryl methyl sites for hydroxylation is 1. The van der Waals surface area contributed by atoms with E-state index in [9.17, 15) is 0 Å². The number of hydrogen-bond donors (Lipinski definition) is 2. The first-order valence-corrected chi connectivity index (χ1v) is 7.05. The van der Waals surface area contributed by atoms with E-state index in [4.69, 9.17) is 5.73 Å². The van der Waals surface area contributed by atoms with Gasteiger partial charge in [0.15, 0.2) is 5.96 Å². The highest BCUT2D eigenvalue weighted by Gasteiger charge is 2.15. The molecule has 4 nitrogen and oxygen atoms in total. The monoisotopic (exact) mass is 252 g/mol. The smallest absolute Gasteiger partial charge is 0.189 e. The van der Waals surface area contributed by atoms with E-state index in [-0.39, 0.29) is 6.04 Å². The molecule has 1 atom stereocenters. The molecule has 17 heavy (non-hydrogen) atoms. The second-order valence-corrected chi connectivity index (χ2v) is 5.54. The molecule has 1 aromatic heterocycles. The van der Waals surface area contributed by atoms with E-state index >= 15 is 0 Å². The molecule has 1 saturated carbocycles. The molecule has 5 heteroatoms. The van der Waals surface area contributed by atoms with Gasteiger partial charge in [-0.1, -0.05) is 12.8 Å². The van der Waals surface area contributed by atoms with Gasteiger partial charge in [0.1, 0.15) is 5.01 Å². The van der Waals surface area contributed by atoms with Crippen LogP contribution in [0.4, 0.5) is 0 Å². The second-order valence-electron chi connectivity index (χ2n) is 4.65. The van der Waals surface area contributed by atoms with E-state index in [1.807, 2.05) is 6.92 Å². The van der Waals surface area contributed by atoms with Crippen LogP contribution in [0.15, 0.2) is 10.4 Å². The molecule has 0 saturated heterocycles. The summed E-state index contributed by atoms with van der Waals surface area (Å²) < 4.78 is 0. The molecule has 3 N–H and O–H groups in total. The van der Waals surface area contributed by atoms with Gasteiger partial charge in [-0.25, -0.2) is 4.98 Å². The van der Waals surface area contributed by atoms with Crippen LogP contribution in [-0.2, 0) is 0 Å². The zero-order valence-electron chi connectivity index (χ0n) is 10.4. The van der Waals surface area contributed by atoms with Crippen LogP contribution in [0.25, 0.3) is 0 Å². The molecule has 1 heterocycles. The Bertz CT molecular complexity index is 393. The van der Waals surface area contributed by atoms with Crippen molar-refractivity contribution in [2.75, 3.05) is 0 Å². The highest BCUT2D eigenvalue weighted by atomic mass is 32.1. The van der Waals surface area contributed by atoms with Crippen molar-refractivity contribution in [2.24, 2.45) is 10.7 Å². The Balaban J connectivity index is 1.91. The fourth-order valence-corrected chi connectivity index (χ4v) is 2.93. The summed E-state index contributed by atoms with van der Waals surface area (Å²) in [5.74, 6) is 0.553. The maximum atomic E-state index is 5.91. The third-order valence-corrected chi connectivity index (χ3v) is 4.16. The highest BCUT2D eigenvalue weighted by molar-refractivity contribution is 7.09. The molecule has 0 amide bonds. The number of hydrogen-bond acceptors (Lipinski definition) is 3. The van der Waals surface area contributed by atoms with Crippen LogP contribution < -0.4 is 11.1 Å². The minimum Gasteiger partial charge on any atom is -0.370 e.